The zero-order chi connectivity index (χ0) is 24.4. The molecule has 0 bridgehead atoms. The van der Waals surface area contributed by atoms with Crippen LogP contribution >= 0.6 is 0 Å². The number of nitrogens with zero attached hydrogens (tertiary/aromatic N) is 4. The Morgan fingerprint density at radius 3 is 2.66 bits per heavy atom. The maximum Gasteiger partial charge on any atom is 0.319 e. The number of pyridine rings is 1. The van der Waals surface area contributed by atoms with Gasteiger partial charge in [-0.15, -0.1) is 0 Å². The number of ether oxygens (including phenoxy) is 1. The highest BCUT2D eigenvalue weighted by molar-refractivity contribution is 7.90. The Bertz CT molecular complexity index is 1200. The SMILES string of the molecule is C[C@H]1COCCN1c1nc(-c2ccc(NC(=O)NC3CC3)cc2)cc(-c2cccnc2[S+](C)[O-])n1. The third kappa shape index (κ3) is 5.55. The van der Waals surface area contributed by atoms with Crippen molar-refractivity contribution in [3.63, 3.8) is 0 Å². The van der Waals surface area contributed by atoms with Crippen LogP contribution < -0.4 is 15.5 Å². The Kier molecular flexibility index (Phi) is 6.85. The normalized spacial score (nSPS) is 18.7. The molecule has 1 aromatic carbocycles. The number of anilines is 2. The van der Waals surface area contributed by atoms with E-state index in [1.54, 1.807) is 12.5 Å². The molecule has 3 heterocycles. The molecule has 1 aliphatic heterocycles. The highest BCUT2D eigenvalue weighted by atomic mass is 32.2. The molecule has 1 aliphatic carbocycles. The first-order valence-corrected chi connectivity index (χ1v) is 13.2. The van der Waals surface area contributed by atoms with Crippen molar-refractivity contribution in [2.75, 3.05) is 36.2 Å². The number of hydrogen-bond donors (Lipinski definition) is 2. The van der Waals surface area contributed by atoms with Crippen molar-refractivity contribution in [2.45, 2.75) is 36.9 Å². The number of nitrogens with one attached hydrogen (secondary N) is 2. The summed E-state index contributed by atoms with van der Waals surface area (Å²) >= 11 is -1.27. The Labute approximate surface area is 207 Å². The molecule has 10 heteroatoms. The molecule has 182 valence electrons. The zero-order valence-corrected chi connectivity index (χ0v) is 20.5. The van der Waals surface area contributed by atoms with E-state index in [4.69, 9.17) is 14.7 Å². The minimum absolute atomic E-state index is 0.122. The lowest BCUT2D eigenvalue weighted by Crippen LogP contribution is -2.44. The second kappa shape index (κ2) is 10.2. The van der Waals surface area contributed by atoms with Gasteiger partial charge < -0.3 is 24.8 Å². The number of carbonyl (C=O) groups is 1. The number of urea groups is 1. The standard InChI is InChI=1S/C25H28N6O3S/c1-16-15-34-13-12-31(16)24-29-21(14-22(30-24)20-4-3-11-26-23(20)35(2)33)17-5-7-18(8-6-17)27-25(32)28-19-9-10-19/h3-8,11,14,16,19H,9-10,12-13,15H2,1-2H3,(H2,27,28,32)/t16-,35?/m0/s1. The molecular formula is C25H28N6O3S. The number of benzene rings is 1. The van der Waals surface area contributed by atoms with E-state index in [1.165, 1.54) is 0 Å². The van der Waals surface area contributed by atoms with Crippen LogP contribution in [0.4, 0.5) is 16.4 Å². The van der Waals surface area contributed by atoms with Crippen molar-refractivity contribution in [3.05, 3.63) is 48.7 Å². The van der Waals surface area contributed by atoms with Crippen molar-refractivity contribution in [3.8, 4) is 22.5 Å². The summed E-state index contributed by atoms with van der Waals surface area (Å²) in [6.45, 7) is 3.97. The van der Waals surface area contributed by atoms with Gasteiger partial charge in [-0.3, -0.25) is 0 Å². The molecule has 0 radical (unpaired) electrons. The summed E-state index contributed by atoms with van der Waals surface area (Å²) in [4.78, 5) is 28.3. The quantitative estimate of drug-likeness (QED) is 0.507. The highest BCUT2D eigenvalue weighted by Gasteiger charge is 2.25. The van der Waals surface area contributed by atoms with E-state index in [1.807, 2.05) is 42.5 Å². The van der Waals surface area contributed by atoms with Crippen LogP contribution in [0.3, 0.4) is 0 Å². The van der Waals surface area contributed by atoms with E-state index in [0.717, 1.165) is 24.1 Å². The molecule has 9 nitrogen and oxygen atoms in total. The molecule has 2 aliphatic rings. The van der Waals surface area contributed by atoms with E-state index in [-0.39, 0.29) is 12.1 Å². The third-order valence-electron chi connectivity index (χ3n) is 6.01. The van der Waals surface area contributed by atoms with Gasteiger partial charge in [-0.25, -0.2) is 19.7 Å². The molecule has 1 saturated carbocycles. The fraction of sp³-hybridized carbons (Fsp3) is 0.360. The number of amides is 2. The fourth-order valence-electron chi connectivity index (χ4n) is 3.99. The van der Waals surface area contributed by atoms with E-state index in [2.05, 4.69) is 27.4 Å². The molecule has 2 fully saturated rings. The van der Waals surface area contributed by atoms with E-state index in [0.29, 0.717) is 53.7 Å². The minimum Gasteiger partial charge on any atom is -0.610 e. The smallest absolute Gasteiger partial charge is 0.319 e. The van der Waals surface area contributed by atoms with Crippen molar-refractivity contribution < 1.29 is 14.1 Å². The Balaban J connectivity index is 1.50. The van der Waals surface area contributed by atoms with Gasteiger partial charge in [0, 0.05) is 41.2 Å². The van der Waals surface area contributed by atoms with Crippen LogP contribution in [0.25, 0.3) is 22.5 Å². The molecule has 1 saturated heterocycles. The average molecular weight is 493 g/mol. The number of rotatable bonds is 6. The van der Waals surface area contributed by atoms with Crippen molar-refractivity contribution in [1.29, 1.82) is 0 Å². The number of carbonyl (C=O) groups excluding carboxylic acids is 1. The number of morpholine rings is 1. The summed E-state index contributed by atoms with van der Waals surface area (Å²) in [5.41, 5.74) is 3.70. The fourth-order valence-corrected chi connectivity index (χ4v) is 4.68. The van der Waals surface area contributed by atoms with Crippen LogP contribution in [-0.2, 0) is 15.9 Å². The summed E-state index contributed by atoms with van der Waals surface area (Å²) in [5.74, 6) is 0.594. The van der Waals surface area contributed by atoms with Crippen LogP contribution in [-0.4, -0.2) is 63.6 Å². The van der Waals surface area contributed by atoms with E-state index in [9.17, 15) is 9.35 Å². The van der Waals surface area contributed by atoms with Gasteiger partial charge in [-0.1, -0.05) is 12.1 Å². The molecule has 3 aromatic rings. The molecular weight excluding hydrogens is 464 g/mol. The van der Waals surface area contributed by atoms with Gasteiger partial charge in [-0.2, -0.15) is 0 Å². The van der Waals surface area contributed by atoms with Gasteiger partial charge in [-0.05, 0) is 50.1 Å². The molecule has 2 aromatic heterocycles. The first kappa shape index (κ1) is 23.5. The summed E-state index contributed by atoms with van der Waals surface area (Å²) in [7, 11) is 0. The maximum absolute atomic E-state index is 12.4. The van der Waals surface area contributed by atoms with Gasteiger partial charge in [0.05, 0.1) is 36.2 Å². The predicted octanol–water partition coefficient (Wildman–Crippen LogP) is 3.45. The monoisotopic (exact) mass is 492 g/mol. The van der Waals surface area contributed by atoms with Gasteiger partial charge >= 0.3 is 6.03 Å². The van der Waals surface area contributed by atoms with E-state index >= 15 is 0 Å². The molecule has 2 atom stereocenters. The van der Waals surface area contributed by atoms with E-state index < -0.39 is 11.2 Å². The molecule has 0 spiro atoms. The number of aromatic nitrogens is 3. The predicted molar refractivity (Wildman–Crippen MR) is 136 cm³/mol. The summed E-state index contributed by atoms with van der Waals surface area (Å²) in [5, 5.41) is 6.28. The van der Waals surface area contributed by atoms with Gasteiger partial charge in [0.15, 0.2) is 0 Å². The van der Waals surface area contributed by atoms with Crippen molar-refractivity contribution >= 4 is 28.8 Å². The Morgan fingerprint density at radius 2 is 1.94 bits per heavy atom. The van der Waals surface area contributed by atoms with Crippen LogP contribution in [0, 0.1) is 0 Å². The molecule has 1 unspecified atom stereocenters. The first-order valence-electron chi connectivity index (χ1n) is 11.7. The minimum atomic E-state index is -1.27. The van der Waals surface area contributed by atoms with Gasteiger partial charge in [0.1, 0.15) is 6.26 Å². The Morgan fingerprint density at radius 1 is 1.17 bits per heavy atom. The van der Waals surface area contributed by atoms with Crippen LogP contribution in [0.1, 0.15) is 19.8 Å². The topological polar surface area (TPSA) is 115 Å². The second-order valence-electron chi connectivity index (χ2n) is 8.82. The summed E-state index contributed by atoms with van der Waals surface area (Å²) < 4.78 is 18.0. The second-order valence-corrected chi connectivity index (χ2v) is 10.1. The molecule has 5 rings (SSSR count). The molecule has 2 N–H and O–H groups in total. The molecule has 2 amide bonds. The lowest BCUT2D eigenvalue weighted by Gasteiger charge is -2.33. The summed E-state index contributed by atoms with van der Waals surface area (Å²) in [6.07, 6.45) is 5.33. The van der Waals surface area contributed by atoms with Gasteiger partial charge in [0.25, 0.3) is 5.03 Å². The maximum atomic E-state index is 12.4. The zero-order valence-electron chi connectivity index (χ0n) is 19.7. The Hall–Kier alpha value is -3.21. The molecule has 35 heavy (non-hydrogen) atoms. The van der Waals surface area contributed by atoms with Crippen molar-refractivity contribution in [1.82, 2.24) is 20.3 Å². The van der Waals surface area contributed by atoms with Crippen LogP contribution in [0.2, 0.25) is 0 Å². The summed E-state index contributed by atoms with van der Waals surface area (Å²) in [6, 6.07) is 13.4. The lowest BCUT2D eigenvalue weighted by atomic mass is 10.1. The third-order valence-corrected chi connectivity index (χ3v) is 6.88. The first-order chi connectivity index (χ1) is 17.0. The van der Waals surface area contributed by atoms with Crippen molar-refractivity contribution in [2.24, 2.45) is 0 Å². The number of hydrogen-bond acceptors (Lipinski definition) is 7. The largest absolute Gasteiger partial charge is 0.610 e. The average Bonchev–Trinajstić information content (AvgIpc) is 3.68. The lowest BCUT2D eigenvalue weighted by molar-refractivity contribution is 0.0981. The van der Waals surface area contributed by atoms with Crippen LogP contribution in [0.5, 0.6) is 0 Å². The van der Waals surface area contributed by atoms with Gasteiger partial charge in [0.2, 0.25) is 5.95 Å². The van der Waals surface area contributed by atoms with Crippen LogP contribution in [0.15, 0.2) is 53.7 Å². The highest BCUT2D eigenvalue weighted by Crippen LogP contribution is 2.31.